The van der Waals surface area contributed by atoms with E-state index in [1.54, 1.807) is 36.7 Å². The second-order valence-corrected chi connectivity index (χ2v) is 20.3. The third-order valence-electron chi connectivity index (χ3n) is 14.6. The van der Waals surface area contributed by atoms with Crippen molar-refractivity contribution in [2.45, 2.75) is 107 Å². The Labute approximate surface area is 482 Å². The van der Waals surface area contributed by atoms with Gasteiger partial charge in [-0.3, -0.25) is 19.6 Å². The summed E-state index contributed by atoms with van der Waals surface area (Å²) in [4.78, 5) is 45.1. The molecule has 8 N–H and O–H groups in total. The summed E-state index contributed by atoms with van der Waals surface area (Å²) in [6.45, 7) is 19.1. The lowest BCUT2D eigenvalue weighted by Gasteiger charge is -2.12. The van der Waals surface area contributed by atoms with Crippen molar-refractivity contribution < 1.29 is 18.7 Å². The minimum Gasteiger partial charge on any atom is -0.398 e. The molecule has 0 aliphatic rings. The number of aromatic nitrogens is 6. The fraction of sp³-hybridized carbons (Fsp3) is 0.294. The Morgan fingerprint density at radius 1 is 0.415 bits per heavy atom. The van der Waals surface area contributed by atoms with E-state index in [1.165, 1.54) is 0 Å². The quantitative estimate of drug-likeness (QED) is 0.0175. The zero-order chi connectivity index (χ0) is 58.1. The topological polar surface area (TPSA) is 194 Å². The number of nitrogens with zero attached hydrogens (tertiary/aromatic N) is 6. The molecular weight excluding hydrogens is 1020 g/mol. The van der Waals surface area contributed by atoms with Crippen molar-refractivity contribution in [2.75, 3.05) is 48.3 Å². The van der Waals surface area contributed by atoms with Crippen LogP contribution in [0.1, 0.15) is 122 Å². The van der Waals surface area contributed by atoms with E-state index in [0.29, 0.717) is 35.6 Å². The summed E-state index contributed by atoms with van der Waals surface area (Å²) in [6, 6.07) is 44.6. The molecule has 10 aromatic rings. The van der Waals surface area contributed by atoms with Crippen molar-refractivity contribution in [1.29, 1.82) is 0 Å². The molecule has 0 radical (unpaired) electrons. The van der Waals surface area contributed by atoms with Gasteiger partial charge in [0.1, 0.15) is 22.1 Å². The standard InChI is InChI=1S/C64H66N12O2.2C2H6/c1-41-31-55-59(35-49(41)65)75(47-19-11-9-12-20-47)61-37-53(43(3)33-57(61)73-55)67-27-15-5-7-17-29-69-63(77)45-23-25-51(71-39-45)52-26-24-46(40-72-52)64(78)70-30-18-8-6-16-28-68-54-38-62-58(34-44(54)4)74-56-32-42(2)50(66)36-60(56)76(62)48-21-13-10-14-22-48;2*1-2/h9-14,19-26,31-40H,5-8,15-18,27-30H2,1-4H3,(H6,65,66,67,68,69,70,77,78);2*1-2H3/p+2. The molecule has 0 aliphatic heterocycles. The molecule has 10 rings (SSSR count). The predicted octanol–water partition coefficient (Wildman–Crippen LogP) is 13.4. The lowest BCUT2D eigenvalue weighted by Crippen LogP contribution is -2.33. The number of anilines is 4. The van der Waals surface area contributed by atoms with E-state index in [4.69, 9.17) is 21.4 Å². The van der Waals surface area contributed by atoms with Crippen molar-refractivity contribution in [3.63, 3.8) is 0 Å². The molecule has 4 aromatic heterocycles. The van der Waals surface area contributed by atoms with Gasteiger partial charge in [0, 0.05) is 110 Å². The molecule has 4 heterocycles. The van der Waals surface area contributed by atoms with Crippen molar-refractivity contribution >= 4 is 78.7 Å². The van der Waals surface area contributed by atoms with Crippen molar-refractivity contribution in [1.82, 2.24) is 30.6 Å². The number of unbranched alkanes of at least 4 members (excludes halogenated alkanes) is 6. The number of pyridine rings is 2. The minimum absolute atomic E-state index is 0.158. The lowest BCUT2D eigenvalue weighted by atomic mass is 10.1. The third kappa shape index (κ3) is 14.1. The Bertz CT molecular complexity index is 3550. The fourth-order valence-electron chi connectivity index (χ4n) is 10.1. The van der Waals surface area contributed by atoms with Crippen LogP contribution in [0.4, 0.5) is 22.7 Å². The summed E-state index contributed by atoms with van der Waals surface area (Å²) < 4.78 is 4.48. The van der Waals surface area contributed by atoms with Crippen molar-refractivity contribution in [3.8, 4) is 22.8 Å². The van der Waals surface area contributed by atoms with Gasteiger partial charge in [0.2, 0.25) is 33.4 Å². The van der Waals surface area contributed by atoms with Crippen molar-refractivity contribution in [2.24, 2.45) is 0 Å². The van der Waals surface area contributed by atoms with Gasteiger partial charge in [-0.15, -0.1) is 9.13 Å². The average molecular weight is 1100 g/mol. The lowest BCUT2D eigenvalue weighted by molar-refractivity contribution is -0.538. The van der Waals surface area contributed by atoms with E-state index in [2.05, 4.69) is 115 Å². The summed E-state index contributed by atoms with van der Waals surface area (Å²) in [7, 11) is 0. The van der Waals surface area contributed by atoms with E-state index < -0.39 is 0 Å². The van der Waals surface area contributed by atoms with E-state index >= 15 is 0 Å². The first-order valence-corrected chi connectivity index (χ1v) is 29.2. The average Bonchev–Trinajstić information content (AvgIpc) is 3.61. The van der Waals surface area contributed by atoms with Gasteiger partial charge in [0.15, 0.2) is 0 Å². The molecule has 14 nitrogen and oxygen atoms in total. The van der Waals surface area contributed by atoms with E-state index in [1.807, 2.05) is 90.1 Å². The largest absolute Gasteiger partial charge is 0.398 e. The predicted molar refractivity (Wildman–Crippen MR) is 338 cm³/mol. The normalized spacial score (nSPS) is 11.0. The van der Waals surface area contributed by atoms with Gasteiger partial charge in [-0.25, -0.2) is 9.97 Å². The summed E-state index contributed by atoms with van der Waals surface area (Å²) in [6.07, 6.45) is 11.0. The highest BCUT2D eigenvalue weighted by Crippen LogP contribution is 2.29. The summed E-state index contributed by atoms with van der Waals surface area (Å²) in [5.74, 6) is -0.317. The van der Waals surface area contributed by atoms with Gasteiger partial charge >= 0.3 is 0 Å². The van der Waals surface area contributed by atoms with Crippen LogP contribution in [0.3, 0.4) is 0 Å². The molecule has 2 amide bonds. The number of rotatable bonds is 21. The first-order valence-electron chi connectivity index (χ1n) is 29.2. The zero-order valence-corrected chi connectivity index (χ0v) is 49.0. The number of benzene rings is 6. The Kier molecular flexibility index (Phi) is 20.5. The maximum Gasteiger partial charge on any atom is 0.252 e. The highest BCUT2D eigenvalue weighted by molar-refractivity contribution is 5.95. The van der Waals surface area contributed by atoms with Gasteiger partial charge < -0.3 is 32.7 Å². The SMILES string of the molecule is CC.CC.Cc1cc2nc3cc(C)c(NCCCCCCNC(=O)c4ccc(-c5ccc(C(=O)NCCCCCCNc6cc7c(cc6C)nc6cc(C)c(N)cc6[n+]7-c6ccccc6)cn5)nc4)cc3[n+](-c3ccccc3)c2cc1N. The molecule has 0 aliphatic carbocycles. The number of carbonyl (C=O) groups excluding carboxylic acids is 2. The molecule has 82 heavy (non-hydrogen) atoms. The Balaban J connectivity index is 0.00000215. The molecule has 0 atom stereocenters. The molecule has 0 unspecified atom stereocenters. The van der Waals surface area contributed by atoms with Gasteiger partial charge in [0.05, 0.1) is 22.5 Å². The monoisotopic (exact) mass is 1100 g/mol. The Morgan fingerprint density at radius 3 is 1.11 bits per heavy atom. The number of carbonyl (C=O) groups is 2. The number of nitrogens with one attached hydrogen (secondary N) is 4. The number of nitrogens with two attached hydrogens (primary N) is 2. The minimum atomic E-state index is -0.158. The highest BCUT2D eigenvalue weighted by atomic mass is 16.2. The van der Waals surface area contributed by atoms with Gasteiger partial charge in [0.25, 0.3) is 11.8 Å². The first-order chi connectivity index (χ1) is 40.0. The number of amides is 2. The maximum atomic E-state index is 13.0. The number of hydrogen-bond acceptors (Lipinski definition) is 10. The van der Waals surface area contributed by atoms with Crippen LogP contribution in [0, 0.1) is 27.7 Å². The van der Waals surface area contributed by atoms with Crippen molar-refractivity contribution in [3.05, 3.63) is 179 Å². The molecule has 0 saturated heterocycles. The number of aryl methyl sites for hydroxylation is 4. The summed E-state index contributed by atoms with van der Waals surface area (Å²) >= 11 is 0. The van der Waals surface area contributed by atoms with Gasteiger partial charge in [-0.2, -0.15) is 0 Å². The molecule has 422 valence electrons. The van der Waals surface area contributed by atoms with Gasteiger partial charge in [-0.05, 0) is 124 Å². The van der Waals surface area contributed by atoms with E-state index in [9.17, 15) is 9.59 Å². The van der Waals surface area contributed by atoms with E-state index in [-0.39, 0.29) is 11.8 Å². The Hall–Kier alpha value is -9.04. The number of hydrogen-bond donors (Lipinski definition) is 6. The van der Waals surface area contributed by atoms with Crippen LogP contribution in [0.25, 0.3) is 66.9 Å². The molecule has 0 fully saturated rings. The van der Waals surface area contributed by atoms with Crippen LogP contribution in [0.15, 0.2) is 146 Å². The molecule has 0 saturated carbocycles. The fourth-order valence-corrected chi connectivity index (χ4v) is 10.1. The number of fused-ring (bicyclic) bond motifs is 4. The van der Waals surface area contributed by atoms with Crippen LogP contribution in [0.5, 0.6) is 0 Å². The smallest absolute Gasteiger partial charge is 0.252 e. The molecule has 6 aromatic carbocycles. The third-order valence-corrected chi connectivity index (χ3v) is 14.6. The molecule has 14 heteroatoms. The molecular formula is C68H80N12O2+2. The van der Waals surface area contributed by atoms with Gasteiger partial charge in [-0.1, -0.05) is 89.8 Å². The number of nitrogen functional groups attached to an aromatic ring is 2. The van der Waals surface area contributed by atoms with Crippen LogP contribution in [-0.2, 0) is 0 Å². The summed E-state index contributed by atoms with van der Waals surface area (Å²) in [5, 5.41) is 13.4. The zero-order valence-electron chi connectivity index (χ0n) is 49.0. The number of para-hydroxylation sites is 2. The van der Waals surface area contributed by atoms with E-state index in [0.717, 1.165) is 165 Å². The van der Waals surface area contributed by atoms with Crippen LogP contribution in [-0.4, -0.2) is 57.9 Å². The second-order valence-electron chi connectivity index (χ2n) is 20.3. The summed E-state index contributed by atoms with van der Waals surface area (Å²) in [5.41, 5.74) is 32.7. The first kappa shape index (κ1) is 59.1. The molecule has 0 spiro atoms. The van der Waals surface area contributed by atoms with Crippen LogP contribution >= 0.6 is 0 Å². The maximum absolute atomic E-state index is 13.0. The Morgan fingerprint density at radius 2 is 0.756 bits per heavy atom. The van der Waals surface area contributed by atoms with Crippen LogP contribution < -0.4 is 41.9 Å². The highest BCUT2D eigenvalue weighted by Gasteiger charge is 2.24. The second kappa shape index (κ2) is 28.4. The van der Waals surface area contributed by atoms with Crippen LogP contribution in [0.2, 0.25) is 0 Å². The molecule has 0 bridgehead atoms.